The van der Waals surface area contributed by atoms with Crippen LogP contribution in [0.3, 0.4) is 0 Å². The first kappa shape index (κ1) is 10.9. The average Bonchev–Trinajstić information content (AvgIpc) is 1.95. The summed E-state index contributed by atoms with van der Waals surface area (Å²) in [6, 6.07) is -0.565. The van der Waals surface area contributed by atoms with Crippen molar-refractivity contribution in [2.45, 2.75) is 13.3 Å². The number of carbonyl (C=O) groups excluding carboxylic acids is 2. The lowest BCUT2D eigenvalue weighted by Gasteiger charge is -2.02. The van der Waals surface area contributed by atoms with Crippen molar-refractivity contribution >= 4 is 11.8 Å². The van der Waals surface area contributed by atoms with Crippen molar-refractivity contribution in [2.24, 2.45) is 5.73 Å². The number of urea groups is 1. The molecule has 5 heteroatoms. The van der Waals surface area contributed by atoms with Gasteiger partial charge in [-0.15, -0.1) is 0 Å². The van der Waals surface area contributed by atoms with Gasteiger partial charge in [-0.3, -0.25) is 4.79 Å². The molecule has 0 aromatic carbocycles. The summed E-state index contributed by atoms with van der Waals surface area (Å²) in [6.45, 7) is 2.67. The van der Waals surface area contributed by atoms with Crippen molar-refractivity contribution in [1.82, 2.24) is 5.32 Å². The van der Waals surface area contributed by atoms with Crippen LogP contribution in [0, 0.1) is 0 Å². The van der Waals surface area contributed by atoms with Crippen molar-refractivity contribution in [1.29, 1.82) is 0 Å². The van der Waals surface area contributed by atoms with Gasteiger partial charge < -0.3 is 15.8 Å². The van der Waals surface area contributed by atoms with Crippen LogP contribution in [-0.4, -0.2) is 31.6 Å². The molecule has 0 aromatic rings. The maximum absolute atomic E-state index is 10.4. The number of hydrogen-bond donors (Lipinski definition) is 2. The Bertz CT molecular complexity index is 141. The summed E-state index contributed by atoms with van der Waals surface area (Å²) in [7, 11) is 0. The molecule has 0 spiro atoms. The number of ether oxygens (including phenoxy) is 1. The average molecular weight is 174 g/mol. The summed E-state index contributed by atoms with van der Waals surface area (Å²) in [6.07, 6.45) is 0.413. The van der Waals surface area contributed by atoms with Crippen molar-refractivity contribution in [3.63, 3.8) is 0 Å². The molecule has 5 nitrogen and oxygen atoms in total. The maximum atomic E-state index is 10.4. The summed E-state index contributed by atoms with van der Waals surface area (Å²) in [4.78, 5) is 20.6. The Labute approximate surface area is 71.3 Å². The summed E-state index contributed by atoms with van der Waals surface area (Å²) < 4.78 is 5.00. The minimum Gasteiger partial charge on any atom is -0.379 e. The number of rotatable bonds is 6. The normalized spacial score (nSPS) is 9.42. The molecule has 0 saturated heterocycles. The highest BCUT2D eigenvalue weighted by Gasteiger charge is 1.94. The number of carbonyl (C=O) groups is 2. The fourth-order valence-corrected chi connectivity index (χ4v) is 0.564. The fourth-order valence-electron chi connectivity index (χ4n) is 0.564. The summed E-state index contributed by atoms with van der Waals surface area (Å²) in [5.41, 5.74) is 4.80. The van der Waals surface area contributed by atoms with E-state index in [-0.39, 0.29) is 5.78 Å². The van der Waals surface area contributed by atoms with Crippen molar-refractivity contribution in [3.8, 4) is 0 Å². The van der Waals surface area contributed by atoms with Crippen molar-refractivity contribution in [3.05, 3.63) is 0 Å². The van der Waals surface area contributed by atoms with E-state index in [1.807, 2.05) is 0 Å². The number of nitrogens with two attached hydrogens (primary N) is 1. The first-order valence-corrected chi connectivity index (χ1v) is 3.73. The summed E-state index contributed by atoms with van der Waals surface area (Å²) >= 11 is 0. The lowest BCUT2D eigenvalue weighted by molar-refractivity contribution is -0.118. The SMILES string of the molecule is CC(=O)CCOCCNC(N)=O. The van der Waals surface area contributed by atoms with Gasteiger partial charge in [-0.05, 0) is 6.92 Å². The predicted molar refractivity (Wildman–Crippen MR) is 43.7 cm³/mol. The van der Waals surface area contributed by atoms with Crippen LogP contribution in [0.15, 0.2) is 0 Å². The molecule has 0 fully saturated rings. The van der Waals surface area contributed by atoms with Gasteiger partial charge in [-0.25, -0.2) is 4.79 Å². The van der Waals surface area contributed by atoms with Gasteiger partial charge in [-0.2, -0.15) is 0 Å². The molecule has 0 heterocycles. The number of nitrogens with one attached hydrogen (secondary N) is 1. The third-order valence-corrected chi connectivity index (χ3v) is 1.14. The van der Waals surface area contributed by atoms with E-state index in [1.165, 1.54) is 6.92 Å². The number of primary amides is 1. The van der Waals surface area contributed by atoms with Gasteiger partial charge >= 0.3 is 6.03 Å². The Morgan fingerprint density at radius 2 is 2.08 bits per heavy atom. The summed E-state index contributed by atoms with van der Waals surface area (Å²) in [5.74, 6) is 0.0952. The highest BCUT2D eigenvalue weighted by atomic mass is 16.5. The third kappa shape index (κ3) is 8.90. The van der Waals surface area contributed by atoms with E-state index in [9.17, 15) is 9.59 Å². The van der Waals surface area contributed by atoms with Gasteiger partial charge in [-0.1, -0.05) is 0 Å². The monoisotopic (exact) mass is 174 g/mol. The van der Waals surface area contributed by atoms with E-state index in [4.69, 9.17) is 10.5 Å². The summed E-state index contributed by atoms with van der Waals surface area (Å²) in [5, 5.41) is 2.36. The minimum absolute atomic E-state index is 0.0952. The first-order chi connectivity index (χ1) is 5.63. The van der Waals surface area contributed by atoms with Crippen molar-refractivity contribution in [2.75, 3.05) is 19.8 Å². The number of amides is 2. The highest BCUT2D eigenvalue weighted by Crippen LogP contribution is 1.82. The van der Waals surface area contributed by atoms with Gasteiger partial charge in [0.15, 0.2) is 0 Å². The predicted octanol–water partition coefficient (Wildman–Crippen LogP) is -0.350. The smallest absolute Gasteiger partial charge is 0.312 e. The Balaban J connectivity index is 3.01. The van der Waals surface area contributed by atoms with E-state index in [2.05, 4.69) is 5.32 Å². The van der Waals surface area contributed by atoms with E-state index in [0.717, 1.165) is 0 Å². The van der Waals surface area contributed by atoms with Gasteiger partial charge in [0.05, 0.1) is 13.2 Å². The van der Waals surface area contributed by atoms with E-state index >= 15 is 0 Å². The van der Waals surface area contributed by atoms with Crippen LogP contribution < -0.4 is 11.1 Å². The second-order valence-electron chi connectivity index (χ2n) is 2.36. The number of hydrogen-bond acceptors (Lipinski definition) is 3. The quantitative estimate of drug-likeness (QED) is 0.540. The van der Waals surface area contributed by atoms with Crippen LogP contribution in [0.4, 0.5) is 4.79 Å². The molecule has 0 rings (SSSR count). The second kappa shape index (κ2) is 6.60. The lowest BCUT2D eigenvalue weighted by atomic mass is 10.3. The van der Waals surface area contributed by atoms with Gasteiger partial charge in [0.1, 0.15) is 5.78 Å². The van der Waals surface area contributed by atoms with E-state index in [0.29, 0.717) is 26.2 Å². The van der Waals surface area contributed by atoms with Crippen LogP contribution in [-0.2, 0) is 9.53 Å². The zero-order chi connectivity index (χ0) is 9.40. The van der Waals surface area contributed by atoms with Crippen molar-refractivity contribution < 1.29 is 14.3 Å². The van der Waals surface area contributed by atoms with E-state index < -0.39 is 6.03 Å². The molecular formula is C7H14N2O3. The van der Waals surface area contributed by atoms with Gasteiger partial charge in [0, 0.05) is 13.0 Å². The minimum atomic E-state index is -0.565. The Morgan fingerprint density at radius 1 is 1.42 bits per heavy atom. The zero-order valence-corrected chi connectivity index (χ0v) is 7.13. The molecule has 0 aliphatic carbocycles. The maximum Gasteiger partial charge on any atom is 0.312 e. The molecule has 0 saturated carbocycles. The Kier molecular flexibility index (Phi) is 6.00. The van der Waals surface area contributed by atoms with Gasteiger partial charge in [0.2, 0.25) is 0 Å². The lowest BCUT2D eigenvalue weighted by Crippen LogP contribution is -2.32. The largest absolute Gasteiger partial charge is 0.379 e. The topological polar surface area (TPSA) is 81.4 Å². The number of Topliss-reactive ketones (excluding diaryl/α,β-unsaturated/α-hetero) is 1. The zero-order valence-electron chi connectivity index (χ0n) is 7.13. The van der Waals surface area contributed by atoms with Gasteiger partial charge in [0.25, 0.3) is 0 Å². The van der Waals surface area contributed by atoms with Crippen LogP contribution in [0.1, 0.15) is 13.3 Å². The molecule has 0 aromatic heterocycles. The molecular weight excluding hydrogens is 160 g/mol. The molecule has 0 radical (unpaired) electrons. The van der Waals surface area contributed by atoms with Crippen LogP contribution in [0.25, 0.3) is 0 Å². The standard InChI is InChI=1S/C7H14N2O3/c1-6(10)2-4-12-5-3-9-7(8)11/h2-5H2,1H3,(H3,8,9,11). The highest BCUT2D eigenvalue weighted by molar-refractivity contribution is 5.75. The molecule has 0 aliphatic heterocycles. The Morgan fingerprint density at radius 3 is 2.58 bits per heavy atom. The molecule has 12 heavy (non-hydrogen) atoms. The molecule has 0 aliphatic rings. The molecule has 0 bridgehead atoms. The molecule has 70 valence electrons. The van der Waals surface area contributed by atoms with Crippen LogP contribution in [0.5, 0.6) is 0 Å². The molecule has 0 atom stereocenters. The third-order valence-electron chi connectivity index (χ3n) is 1.14. The van der Waals surface area contributed by atoms with Crippen LogP contribution >= 0.6 is 0 Å². The number of ketones is 1. The molecule has 2 amide bonds. The second-order valence-corrected chi connectivity index (χ2v) is 2.36. The van der Waals surface area contributed by atoms with Crippen LogP contribution in [0.2, 0.25) is 0 Å². The molecule has 3 N–H and O–H groups in total. The molecule has 0 unspecified atom stereocenters. The Hall–Kier alpha value is -1.10. The van der Waals surface area contributed by atoms with E-state index in [1.54, 1.807) is 0 Å². The fraction of sp³-hybridized carbons (Fsp3) is 0.714. The first-order valence-electron chi connectivity index (χ1n) is 3.73.